The Kier molecular flexibility index (Phi) is 4.38. The summed E-state index contributed by atoms with van der Waals surface area (Å²) in [6.07, 6.45) is 4.85. The quantitative estimate of drug-likeness (QED) is 0.747. The molecule has 0 unspecified atom stereocenters. The predicted octanol–water partition coefficient (Wildman–Crippen LogP) is 2.18. The van der Waals surface area contributed by atoms with Gasteiger partial charge in [-0.3, -0.25) is 9.59 Å². The number of nitrogens with zero attached hydrogens (tertiary/aromatic N) is 1. The van der Waals surface area contributed by atoms with E-state index in [4.69, 9.17) is 4.74 Å². The number of piperidine rings is 1. The van der Waals surface area contributed by atoms with Crippen molar-refractivity contribution in [2.45, 2.75) is 33.1 Å². The highest BCUT2D eigenvalue weighted by Gasteiger charge is 2.59. The Hall–Kier alpha value is -0.710. The van der Waals surface area contributed by atoms with Crippen molar-refractivity contribution < 1.29 is 14.3 Å². The van der Waals surface area contributed by atoms with Crippen LogP contribution >= 0.6 is 11.8 Å². The number of esters is 1. The first-order chi connectivity index (χ1) is 9.36. The van der Waals surface area contributed by atoms with Gasteiger partial charge in [0.25, 0.3) is 0 Å². The Balaban J connectivity index is 1.90. The first-order valence-electron chi connectivity index (χ1n) is 7.22. The lowest BCUT2D eigenvalue weighted by molar-refractivity contribution is -0.144. The van der Waals surface area contributed by atoms with E-state index in [9.17, 15) is 9.59 Å². The van der Waals surface area contributed by atoms with E-state index in [2.05, 4.69) is 0 Å². The van der Waals surface area contributed by atoms with E-state index in [0.29, 0.717) is 0 Å². The molecule has 0 radical (unpaired) electrons. The minimum atomic E-state index is -0.296. The lowest BCUT2D eigenvalue weighted by Gasteiger charge is -2.37. The lowest BCUT2D eigenvalue weighted by atomic mass is 9.88. The number of hydrogen-bond donors (Lipinski definition) is 0. The van der Waals surface area contributed by atoms with Crippen molar-refractivity contribution >= 4 is 23.6 Å². The van der Waals surface area contributed by atoms with Gasteiger partial charge in [0.2, 0.25) is 5.91 Å². The molecule has 20 heavy (non-hydrogen) atoms. The number of carbonyl (C=O) groups excluding carboxylic acids is 2. The van der Waals surface area contributed by atoms with Gasteiger partial charge in [0.15, 0.2) is 0 Å². The van der Waals surface area contributed by atoms with Crippen LogP contribution in [0.25, 0.3) is 0 Å². The number of rotatable bonds is 4. The molecule has 1 saturated carbocycles. The normalized spacial score (nSPS) is 24.6. The Labute approximate surface area is 125 Å². The fourth-order valence-corrected chi connectivity index (χ4v) is 4.23. The van der Waals surface area contributed by atoms with Crippen LogP contribution in [0.2, 0.25) is 0 Å². The molecule has 1 saturated heterocycles. The predicted molar refractivity (Wildman–Crippen MR) is 80.5 cm³/mol. The minimum absolute atomic E-state index is 0.0731. The Bertz CT molecular complexity index is 400. The summed E-state index contributed by atoms with van der Waals surface area (Å²) < 4.78 is 4.84. The monoisotopic (exact) mass is 299 g/mol. The van der Waals surface area contributed by atoms with Gasteiger partial charge in [-0.25, -0.2) is 0 Å². The largest absolute Gasteiger partial charge is 0.469 e. The van der Waals surface area contributed by atoms with Crippen LogP contribution < -0.4 is 0 Å². The zero-order valence-corrected chi connectivity index (χ0v) is 13.7. The van der Waals surface area contributed by atoms with Crippen molar-refractivity contribution in [3.63, 3.8) is 0 Å². The van der Waals surface area contributed by atoms with Crippen molar-refractivity contribution in [1.29, 1.82) is 0 Å². The first-order valence-corrected chi connectivity index (χ1v) is 8.62. The van der Waals surface area contributed by atoms with Crippen LogP contribution in [0.5, 0.6) is 0 Å². The number of hydrogen-bond acceptors (Lipinski definition) is 4. The number of thioether (sulfide) groups is 1. The molecule has 2 aliphatic rings. The molecule has 0 aromatic carbocycles. The highest BCUT2D eigenvalue weighted by atomic mass is 32.2. The summed E-state index contributed by atoms with van der Waals surface area (Å²) in [5, 5.41) is 0. The first kappa shape index (κ1) is 15.7. The Morgan fingerprint density at radius 3 is 2.45 bits per heavy atom. The lowest BCUT2D eigenvalue weighted by Crippen LogP contribution is -2.46. The van der Waals surface area contributed by atoms with E-state index in [-0.39, 0.29) is 28.6 Å². The second kappa shape index (κ2) is 5.58. The van der Waals surface area contributed by atoms with Gasteiger partial charge < -0.3 is 9.64 Å². The van der Waals surface area contributed by atoms with Crippen LogP contribution in [0.3, 0.4) is 0 Å². The smallest absolute Gasteiger partial charge is 0.309 e. The maximum atomic E-state index is 12.5. The topological polar surface area (TPSA) is 46.6 Å². The number of likely N-dealkylation sites (tertiary alicyclic amines) is 1. The van der Waals surface area contributed by atoms with Gasteiger partial charge in [-0.2, -0.15) is 11.8 Å². The van der Waals surface area contributed by atoms with Gasteiger partial charge in [0, 0.05) is 18.8 Å². The summed E-state index contributed by atoms with van der Waals surface area (Å²) in [5.74, 6) is 1.09. The number of ether oxygens (including phenoxy) is 1. The second-order valence-electron chi connectivity index (χ2n) is 6.75. The molecule has 0 aromatic heterocycles. The van der Waals surface area contributed by atoms with Crippen molar-refractivity contribution in [2.24, 2.45) is 16.7 Å². The van der Waals surface area contributed by atoms with E-state index in [1.807, 2.05) is 25.0 Å². The Morgan fingerprint density at radius 1 is 1.35 bits per heavy atom. The number of carbonyl (C=O) groups is 2. The summed E-state index contributed by atoms with van der Waals surface area (Å²) >= 11 is 1.71. The third-order valence-corrected chi connectivity index (χ3v) is 5.82. The van der Waals surface area contributed by atoms with Crippen LogP contribution in [0.4, 0.5) is 0 Å². The third-order valence-electron chi connectivity index (χ3n) is 4.81. The SMILES string of the molecule is COC(=O)[C@H]1CC12CCN(C(=O)C(C)(C)CSC)CC2. The molecule has 5 heteroatoms. The van der Waals surface area contributed by atoms with Gasteiger partial charge in [-0.05, 0) is 30.9 Å². The fourth-order valence-electron chi connectivity index (χ4n) is 3.38. The third kappa shape index (κ3) is 2.83. The van der Waals surface area contributed by atoms with Crippen LogP contribution in [0.15, 0.2) is 0 Å². The van der Waals surface area contributed by atoms with Crippen molar-refractivity contribution in [3.05, 3.63) is 0 Å². The van der Waals surface area contributed by atoms with Crippen molar-refractivity contribution in [2.75, 3.05) is 32.2 Å². The minimum Gasteiger partial charge on any atom is -0.469 e. The molecule has 1 atom stereocenters. The zero-order chi connectivity index (χ0) is 15.0. The molecule has 1 aliphatic heterocycles. The molecule has 0 N–H and O–H groups in total. The average Bonchev–Trinajstić information content (AvgIpc) is 3.12. The number of methoxy groups -OCH3 is 1. The van der Waals surface area contributed by atoms with Gasteiger partial charge in [-0.1, -0.05) is 13.8 Å². The van der Waals surface area contributed by atoms with Gasteiger partial charge >= 0.3 is 5.97 Å². The van der Waals surface area contributed by atoms with E-state index in [0.717, 1.165) is 38.1 Å². The molecule has 2 fully saturated rings. The van der Waals surface area contributed by atoms with Crippen molar-refractivity contribution in [3.8, 4) is 0 Å². The van der Waals surface area contributed by atoms with Gasteiger partial charge in [0.05, 0.1) is 18.4 Å². The molecule has 2 rings (SSSR count). The number of amides is 1. The molecule has 114 valence electrons. The van der Waals surface area contributed by atoms with E-state index < -0.39 is 0 Å². The van der Waals surface area contributed by atoms with Crippen LogP contribution in [0.1, 0.15) is 33.1 Å². The molecule has 1 spiro atoms. The molecule has 1 aliphatic carbocycles. The summed E-state index contributed by atoms with van der Waals surface area (Å²) in [6.45, 7) is 5.60. The van der Waals surface area contributed by atoms with Crippen LogP contribution in [0, 0.1) is 16.7 Å². The maximum Gasteiger partial charge on any atom is 0.309 e. The van der Waals surface area contributed by atoms with E-state index in [1.54, 1.807) is 11.8 Å². The van der Waals surface area contributed by atoms with E-state index >= 15 is 0 Å². The van der Waals surface area contributed by atoms with E-state index in [1.165, 1.54) is 7.11 Å². The van der Waals surface area contributed by atoms with Crippen LogP contribution in [-0.2, 0) is 14.3 Å². The molecule has 0 aromatic rings. The van der Waals surface area contributed by atoms with Crippen LogP contribution in [-0.4, -0.2) is 49.0 Å². The average molecular weight is 299 g/mol. The molecular formula is C15H25NO3S. The second-order valence-corrected chi connectivity index (χ2v) is 7.62. The van der Waals surface area contributed by atoms with Gasteiger partial charge in [0.1, 0.15) is 0 Å². The highest BCUT2D eigenvalue weighted by Crippen LogP contribution is 2.59. The molecule has 1 heterocycles. The summed E-state index contributed by atoms with van der Waals surface area (Å²) in [6, 6.07) is 0. The maximum absolute atomic E-state index is 12.5. The zero-order valence-electron chi connectivity index (χ0n) is 12.9. The van der Waals surface area contributed by atoms with Crippen molar-refractivity contribution in [1.82, 2.24) is 4.90 Å². The Morgan fingerprint density at radius 2 is 1.95 bits per heavy atom. The summed E-state index contributed by atoms with van der Waals surface area (Å²) in [5.41, 5.74) is -0.164. The molecule has 0 bridgehead atoms. The highest BCUT2D eigenvalue weighted by molar-refractivity contribution is 7.98. The standard InChI is InChI=1S/C15H25NO3S/c1-14(2,10-20-4)13(18)16-7-5-15(6-8-16)9-11(15)12(17)19-3/h11H,5-10H2,1-4H3/t11-/m1/s1. The molecule has 4 nitrogen and oxygen atoms in total. The fraction of sp³-hybridized carbons (Fsp3) is 0.867. The van der Waals surface area contributed by atoms with Gasteiger partial charge in [-0.15, -0.1) is 0 Å². The summed E-state index contributed by atoms with van der Waals surface area (Å²) in [7, 11) is 1.46. The molecular weight excluding hydrogens is 274 g/mol. The summed E-state index contributed by atoms with van der Waals surface area (Å²) in [4.78, 5) is 26.1. The molecule has 1 amide bonds.